The highest BCUT2D eigenvalue weighted by Gasteiger charge is 2.19. The number of nitrogens with one attached hydrogen (secondary N) is 1. The molecule has 2 aliphatic rings. The van der Waals surface area contributed by atoms with Gasteiger partial charge in [0.05, 0.1) is 0 Å². The molecule has 0 aliphatic carbocycles. The number of hydrogen-bond donors (Lipinski definition) is 1. The number of hydrogen-bond acceptors (Lipinski definition) is 3. The van der Waals surface area contributed by atoms with E-state index in [1.165, 1.54) is 11.3 Å². The van der Waals surface area contributed by atoms with Crippen LogP contribution < -0.4 is 10.2 Å². The highest BCUT2D eigenvalue weighted by atomic mass is 17.2. The van der Waals surface area contributed by atoms with E-state index in [4.69, 9.17) is 9.78 Å². The maximum atomic E-state index is 5.00. The van der Waals surface area contributed by atoms with E-state index in [-0.39, 0.29) is 0 Å². The van der Waals surface area contributed by atoms with E-state index in [0.717, 1.165) is 24.3 Å². The third kappa shape index (κ3) is 0.741. The van der Waals surface area contributed by atoms with Crippen LogP contribution in [-0.4, -0.2) is 6.54 Å². The van der Waals surface area contributed by atoms with E-state index in [1.807, 2.05) is 0 Å². The number of anilines is 1. The van der Waals surface area contributed by atoms with Crippen LogP contribution in [0.3, 0.4) is 0 Å². The van der Waals surface area contributed by atoms with E-state index in [2.05, 4.69) is 17.4 Å². The van der Waals surface area contributed by atoms with Gasteiger partial charge in [0, 0.05) is 17.8 Å². The molecule has 0 aromatic heterocycles. The summed E-state index contributed by atoms with van der Waals surface area (Å²) in [4.78, 5) is 9.86. The van der Waals surface area contributed by atoms with Gasteiger partial charge in [-0.25, -0.2) is 0 Å². The summed E-state index contributed by atoms with van der Waals surface area (Å²) in [5.41, 5.74) is 3.71. The molecule has 0 radical (unpaired) electrons. The lowest BCUT2D eigenvalue weighted by molar-refractivity contribution is -0.194. The summed E-state index contributed by atoms with van der Waals surface area (Å²) in [5.74, 6) is 0.887. The molecule has 62 valence electrons. The van der Waals surface area contributed by atoms with Crippen molar-refractivity contribution in [2.75, 3.05) is 11.9 Å². The van der Waals surface area contributed by atoms with Gasteiger partial charge in [0.15, 0.2) is 5.75 Å². The summed E-state index contributed by atoms with van der Waals surface area (Å²) in [6.07, 6.45) is 1.09. The zero-order chi connectivity index (χ0) is 7.97. The summed E-state index contributed by atoms with van der Waals surface area (Å²) in [6.45, 7) is 1.61. The van der Waals surface area contributed by atoms with E-state index < -0.39 is 0 Å². The molecule has 0 bridgehead atoms. The topological polar surface area (TPSA) is 30.5 Å². The predicted molar refractivity (Wildman–Crippen MR) is 44.1 cm³/mol. The zero-order valence-electron chi connectivity index (χ0n) is 6.59. The fourth-order valence-corrected chi connectivity index (χ4v) is 1.72. The quantitative estimate of drug-likeness (QED) is 0.587. The largest absolute Gasteiger partial charge is 0.384 e. The van der Waals surface area contributed by atoms with Crippen molar-refractivity contribution in [1.82, 2.24) is 0 Å². The zero-order valence-corrected chi connectivity index (χ0v) is 6.59. The Morgan fingerprint density at radius 2 is 2.25 bits per heavy atom. The molecular weight excluding hydrogens is 154 g/mol. The molecule has 1 aromatic rings. The van der Waals surface area contributed by atoms with Crippen molar-refractivity contribution in [3.63, 3.8) is 0 Å². The summed E-state index contributed by atoms with van der Waals surface area (Å²) in [7, 11) is 0. The first-order valence-electron chi connectivity index (χ1n) is 4.12. The lowest BCUT2D eigenvalue weighted by Crippen LogP contribution is -1.91. The molecule has 0 amide bonds. The smallest absolute Gasteiger partial charge is 0.171 e. The highest BCUT2D eigenvalue weighted by Crippen LogP contribution is 2.34. The molecule has 1 N–H and O–H groups in total. The van der Waals surface area contributed by atoms with Crippen molar-refractivity contribution in [3.8, 4) is 5.75 Å². The van der Waals surface area contributed by atoms with Crippen LogP contribution in [0.5, 0.6) is 5.75 Å². The minimum Gasteiger partial charge on any atom is -0.384 e. The molecule has 0 fully saturated rings. The number of fused-ring (bicyclic) bond motifs is 2. The van der Waals surface area contributed by atoms with Crippen LogP contribution in [0.2, 0.25) is 0 Å². The van der Waals surface area contributed by atoms with Crippen LogP contribution in [-0.2, 0) is 17.9 Å². The Kier molecular flexibility index (Phi) is 1.12. The lowest BCUT2D eigenvalue weighted by atomic mass is 10.1. The molecule has 2 aliphatic heterocycles. The van der Waals surface area contributed by atoms with Crippen LogP contribution >= 0.6 is 0 Å². The Balaban J connectivity index is 2.18. The van der Waals surface area contributed by atoms with E-state index >= 15 is 0 Å². The van der Waals surface area contributed by atoms with Gasteiger partial charge in [0.25, 0.3) is 0 Å². The van der Waals surface area contributed by atoms with Gasteiger partial charge in [-0.1, -0.05) is 0 Å². The minimum absolute atomic E-state index is 0.574. The van der Waals surface area contributed by atoms with Gasteiger partial charge in [0.2, 0.25) is 0 Å². The van der Waals surface area contributed by atoms with Gasteiger partial charge in [-0.2, -0.15) is 4.89 Å². The van der Waals surface area contributed by atoms with E-state index in [9.17, 15) is 0 Å². The highest BCUT2D eigenvalue weighted by molar-refractivity contribution is 5.61. The summed E-state index contributed by atoms with van der Waals surface area (Å²) in [5, 5.41) is 3.32. The second kappa shape index (κ2) is 2.14. The molecule has 3 rings (SSSR count). The number of rotatable bonds is 0. The average Bonchev–Trinajstić information content (AvgIpc) is 2.64. The molecule has 0 saturated heterocycles. The molecule has 3 nitrogen and oxygen atoms in total. The Labute approximate surface area is 70.2 Å². The first-order valence-corrected chi connectivity index (χ1v) is 4.12. The fraction of sp³-hybridized carbons (Fsp3) is 0.333. The van der Waals surface area contributed by atoms with Crippen molar-refractivity contribution in [2.45, 2.75) is 13.0 Å². The Hall–Kier alpha value is -1.22. The lowest BCUT2D eigenvalue weighted by Gasteiger charge is -2.00. The van der Waals surface area contributed by atoms with Crippen LogP contribution in [0, 0.1) is 0 Å². The fourth-order valence-electron chi connectivity index (χ4n) is 1.72. The van der Waals surface area contributed by atoms with Crippen molar-refractivity contribution in [2.24, 2.45) is 0 Å². The molecular formula is C9H9NO2. The molecule has 0 atom stereocenters. The molecule has 0 saturated carbocycles. The number of benzene rings is 1. The standard InChI is InChI=1S/C9H9NO2/c1-2-10-8-3-7-5-11-12-9(7)4-6(1)8/h3-4,10H,1-2,5H2. The summed E-state index contributed by atoms with van der Waals surface area (Å²) >= 11 is 0. The predicted octanol–water partition coefficient (Wildman–Crippen LogP) is 1.48. The van der Waals surface area contributed by atoms with Crippen molar-refractivity contribution in [1.29, 1.82) is 0 Å². The molecule has 0 spiro atoms. The molecule has 3 heteroatoms. The molecule has 1 aromatic carbocycles. The van der Waals surface area contributed by atoms with E-state index in [1.54, 1.807) is 0 Å². The SMILES string of the molecule is c1c2c(cc3c1NCC3)OOC2. The third-order valence-corrected chi connectivity index (χ3v) is 2.36. The Morgan fingerprint density at radius 1 is 1.25 bits per heavy atom. The molecule has 2 heterocycles. The van der Waals surface area contributed by atoms with Gasteiger partial charge in [-0.3, -0.25) is 0 Å². The van der Waals surface area contributed by atoms with Crippen LogP contribution in [0.4, 0.5) is 5.69 Å². The monoisotopic (exact) mass is 163 g/mol. The van der Waals surface area contributed by atoms with Crippen LogP contribution in [0.15, 0.2) is 12.1 Å². The third-order valence-electron chi connectivity index (χ3n) is 2.36. The van der Waals surface area contributed by atoms with Crippen molar-refractivity contribution >= 4 is 5.69 Å². The first kappa shape index (κ1) is 6.31. The minimum atomic E-state index is 0.574. The van der Waals surface area contributed by atoms with Gasteiger partial charge in [-0.15, -0.1) is 0 Å². The van der Waals surface area contributed by atoms with Crippen molar-refractivity contribution in [3.05, 3.63) is 23.3 Å². The van der Waals surface area contributed by atoms with Crippen LogP contribution in [0.1, 0.15) is 11.1 Å². The second-order valence-electron chi connectivity index (χ2n) is 3.14. The maximum Gasteiger partial charge on any atom is 0.171 e. The Bertz CT molecular complexity index is 275. The molecule has 12 heavy (non-hydrogen) atoms. The van der Waals surface area contributed by atoms with E-state index in [0.29, 0.717) is 6.61 Å². The summed E-state index contributed by atoms with van der Waals surface area (Å²) in [6, 6.07) is 4.18. The maximum absolute atomic E-state index is 5.00. The average molecular weight is 163 g/mol. The van der Waals surface area contributed by atoms with Crippen LogP contribution in [0.25, 0.3) is 0 Å². The van der Waals surface area contributed by atoms with Gasteiger partial charge in [-0.05, 0) is 24.1 Å². The summed E-state index contributed by atoms with van der Waals surface area (Å²) < 4.78 is 0. The molecule has 0 unspecified atom stereocenters. The second-order valence-corrected chi connectivity index (χ2v) is 3.14. The Morgan fingerprint density at radius 3 is 3.25 bits per heavy atom. The normalized spacial score (nSPS) is 18.0. The van der Waals surface area contributed by atoms with Crippen molar-refractivity contribution < 1.29 is 9.78 Å². The van der Waals surface area contributed by atoms with Gasteiger partial charge in [0.1, 0.15) is 6.61 Å². The first-order chi connectivity index (χ1) is 5.93. The van der Waals surface area contributed by atoms with Gasteiger partial charge < -0.3 is 10.2 Å². The van der Waals surface area contributed by atoms with Gasteiger partial charge >= 0.3 is 0 Å².